The fourth-order valence-corrected chi connectivity index (χ4v) is 3.46. The number of nitrogens with one attached hydrogen (secondary N) is 1. The Morgan fingerprint density at radius 3 is 2.89 bits per heavy atom. The normalized spacial score (nSPS) is 23.2. The molecule has 1 aliphatic carbocycles. The van der Waals surface area contributed by atoms with Gasteiger partial charge in [0.05, 0.1) is 6.61 Å². The molecule has 106 valence electrons. The Hall–Kier alpha value is -0.670. The molecule has 0 saturated heterocycles. The number of benzene rings is 1. The first-order valence-electron chi connectivity index (χ1n) is 7.32. The molecule has 1 aromatic carbocycles. The maximum absolute atomic E-state index is 5.69. The van der Waals surface area contributed by atoms with Crippen LogP contribution in [0.25, 0.3) is 0 Å². The number of thioether (sulfide) groups is 1. The van der Waals surface area contributed by atoms with E-state index in [1.165, 1.54) is 25.7 Å². The zero-order valence-electron chi connectivity index (χ0n) is 11.8. The molecule has 0 radical (unpaired) electrons. The molecule has 0 spiro atoms. The quantitative estimate of drug-likeness (QED) is 0.769. The van der Waals surface area contributed by atoms with Crippen molar-refractivity contribution in [1.29, 1.82) is 0 Å². The van der Waals surface area contributed by atoms with Gasteiger partial charge < -0.3 is 10.1 Å². The number of hydrogen-bond acceptors (Lipinski definition) is 3. The zero-order chi connectivity index (χ0) is 13.3. The molecule has 0 bridgehead atoms. The predicted molar refractivity (Wildman–Crippen MR) is 84.1 cm³/mol. The average Bonchev–Trinajstić information content (AvgIpc) is 2.48. The maximum Gasteiger partial charge on any atom is 0.119 e. The lowest BCUT2D eigenvalue weighted by Gasteiger charge is -2.28. The highest BCUT2D eigenvalue weighted by atomic mass is 32.2. The Kier molecular flexibility index (Phi) is 6.58. The second kappa shape index (κ2) is 8.49. The van der Waals surface area contributed by atoms with Crippen molar-refractivity contribution in [3.8, 4) is 5.75 Å². The highest BCUT2D eigenvalue weighted by Crippen LogP contribution is 2.26. The predicted octanol–water partition coefficient (Wildman–Crippen LogP) is 3.72. The van der Waals surface area contributed by atoms with Gasteiger partial charge in [-0.15, -0.1) is 0 Å². The van der Waals surface area contributed by atoms with E-state index in [1.54, 1.807) is 0 Å². The van der Waals surface area contributed by atoms with E-state index in [9.17, 15) is 0 Å². The Morgan fingerprint density at radius 2 is 2.11 bits per heavy atom. The second-order valence-corrected chi connectivity index (χ2v) is 6.33. The van der Waals surface area contributed by atoms with Gasteiger partial charge in [-0.25, -0.2) is 0 Å². The molecular weight excluding hydrogens is 254 g/mol. The summed E-state index contributed by atoms with van der Waals surface area (Å²) in [6.07, 6.45) is 8.77. The molecule has 3 heteroatoms. The van der Waals surface area contributed by atoms with Crippen LogP contribution in [0.3, 0.4) is 0 Å². The second-order valence-electron chi connectivity index (χ2n) is 5.19. The van der Waals surface area contributed by atoms with Crippen molar-refractivity contribution in [1.82, 2.24) is 5.32 Å². The summed E-state index contributed by atoms with van der Waals surface area (Å²) >= 11 is 2.03. The van der Waals surface area contributed by atoms with Crippen LogP contribution < -0.4 is 10.1 Å². The molecule has 2 unspecified atom stereocenters. The molecule has 2 atom stereocenters. The third-order valence-corrected chi connectivity index (χ3v) is 4.82. The SMILES string of the molecule is CSC1CCCC(NCCCOc2ccccc2)C1. The number of ether oxygens (including phenoxy) is 1. The lowest BCUT2D eigenvalue weighted by molar-refractivity contribution is 0.298. The Balaban J connectivity index is 1.54. The van der Waals surface area contributed by atoms with Crippen LogP contribution in [0.5, 0.6) is 5.75 Å². The smallest absolute Gasteiger partial charge is 0.119 e. The van der Waals surface area contributed by atoms with Gasteiger partial charge in [-0.2, -0.15) is 11.8 Å². The van der Waals surface area contributed by atoms with E-state index in [-0.39, 0.29) is 0 Å². The summed E-state index contributed by atoms with van der Waals surface area (Å²) in [5, 5.41) is 4.55. The van der Waals surface area contributed by atoms with Gasteiger partial charge in [0.1, 0.15) is 5.75 Å². The summed E-state index contributed by atoms with van der Waals surface area (Å²) in [5.41, 5.74) is 0. The highest BCUT2D eigenvalue weighted by Gasteiger charge is 2.20. The van der Waals surface area contributed by atoms with Crippen LogP contribution in [-0.4, -0.2) is 30.7 Å². The van der Waals surface area contributed by atoms with Crippen LogP contribution in [0.1, 0.15) is 32.1 Å². The molecule has 2 nitrogen and oxygen atoms in total. The molecule has 1 fully saturated rings. The van der Waals surface area contributed by atoms with Crippen molar-refractivity contribution in [2.45, 2.75) is 43.4 Å². The minimum absolute atomic E-state index is 0.725. The van der Waals surface area contributed by atoms with Gasteiger partial charge in [0.2, 0.25) is 0 Å². The van der Waals surface area contributed by atoms with Crippen molar-refractivity contribution in [3.05, 3.63) is 30.3 Å². The number of para-hydroxylation sites is 1. The van der Waals surface area contributed by atoms with Crippen LogP contribution >= 0.6 is 11.8 Å². The molecule has 1 aromatic rings. The van der Waals surface area contributed by atoms with Gasteiger partial charge in [0, 0.05) is 11.3 Å². The van der Waals surface area contributed by atoms with Crippen molar-refractivity contribution in [2.24, 2.45) is 0 Å². The van der Waals surface area contributed by atoms with Gasteiger partial charge in [-0.1, -0.05) is 24.6 Å². The molecule has 0 aromatic heterocycles. The summed E-state index contributed by atoms with van der Waals surface area (Å²) in [7, 11) is 0. The van der Waals surface area contributed by atoms with E-state index >= 15 is 0 Å². The zero-order valence-corrected chi connectivity index (χ0v) is 12.6. The minimum Gasteiger partial charge on any atom is -0.494 e. The first-order valence-corrected chi connectivity index (χ1v) is 8.61. The molecule has 2 rings (SSSR count). The van der Waals surface area contributed by atoms with Gasteiger partial charge >= 0.3 is 0 Å². The third kappa shape index (κ3) is 5.45. The summed E-state index contributed by atoms with van der Waals surface area (Å²) in [6.45, 7) is 1.87. The first-order chi connectivity index (χ1) is 9.38. The van der Waals surface area contributed by atoms with Crippen LogP contribution in [0.2, 0.25) is 0 Å². The molecule has 1 aliphatic rings. The monoisotopic (exact) mass is 279 g/mol. The molecule has 19 heavy (non-hydrogen) atoms. The standard InChI is InChI=1S/C16H25NOS/c1-19-16-10-5-7-14(13-16)17-11-6-12-18-15-8-3-2-4-9-15/h2-4,8-9,14,16-17H,5-7,10-13H2,1H3. The lowest BCUT2D eigenvalue weighted by Crippen LogP contribution is -2.36. The van der Waals surface area contributed by atoms with Crippen LogP contribution in [-0.2, 0) is 0 Å². The molecule has 1 N–H and O–H groups in total. The lowest BCUT2D eigenvalue weighted by atomic mass is 9.95. The molecule has 0 aliphatic heterocycles. The maximum atomic E-state index is 5.69. The summed E-state index contributed by atoms with van der Waals surface area (Å²) in [4.78, 5) is 0. The van der Waals surface area contributed by atoms with E-state index < -0.39 is 0 Å². The molecule has 0 amide bonds. The first kappa shape index (κ1) is 14.7. The average molecular weight is 279 g/mol. The molecular formula is C16H25NOS. The minimum atomic E-state index is 0.725. The van der Waals surface area contributed by atoms with Gasteiger partial charge in [0.15, 0.2) is 0 Å². The third-order valence-electron chi connectivity index (χ3n) is 3.73. The number of rotatable bonds is 7. The van der Waals surface area contributed by atoms with Crippen molar-refractivity contribution >= 4 is 11.8 Å². The van der Waals surface area contributed by atoms with Crippen LogP contribution in [0.4, 0.5) is 0 Å². The Morgan fingerprint density at radius 1 is 1.26 bits per heavy atom. The van der Waals surface area contributed by atoms with Crippen LogP contribution in [0.15, 0.2) is 30.3 Å². The van der Waals surface area contributed by atoms with Gasteiger partial charge in [-0.3, -0.25) is 0 Å². The summed E-state index contributed by atoms with van der Waals surface area (Å²) in [6, 6.07) is 10.8. The van der Waals surface area contributed by atoms with E-state index in [0.717, 1.165) is 36.6 Å². The fourth-order valence-electron chi connectivity index (χ4n) is 2.63. The van der Waals surface area contributed by atoms with Gasteiger partial charge in [-0.05, 0) is 50.6 Å². The summed E-state index contributed by atoms with van der Waals surface area (Å²) in [5.74, 6) is 0.975. The van der Waals surface area contributed by atoms with Crippen molar-refractivity contribution in [2.75, 3.05) is 19.4 Å². The fraction of sp³-hybridized carbons (Fsp3) is 0.625. The van der Waals surface area contributed by atoms with Crippen LogP contribution in [0, 0.1) is 0 Å². The van der Waals surface area contributed by atoms with Gasteiger partial charge in [0.25, 0.3) is 0 Å². The Labute approximate surface area is 121 Å². The van der Waals surface area contributed by atoms with E-state index in [0.29, 0.717) is 0 Å². The van der Waals surface area contributed by atoms with Crippen molar-refractivity contribution < 1.29 is 4.74 Å². The molecule has 0 heterocycles. The van der Waals surface area contributed by atoms with E-state index in [4.69, 9.17) is 4.74 Å². The van der Waals surface area contributed by atoms with Crippen molar-refractivity contribution in [3.63, 3.8) is 0 Å². The topological polar surface area (TPSA) is 21.3 Å². The number of hydrogen-bond donors (Lipinski definition) is 1. The van der Waals surface area contributed by atoms with E-state index in [1.807, 2.05) is 42.1 Å². The highest BCUT2D eigenvalue weighted by molar-refractivity contribution is 7.99. The van der Waals surface area contributed by atoms with E-state index in [2.05, 4.69) is 11.6 Å². The summed E-state index contributed by atoms with van der Waals surface area (Å²) < 4.78 is 5.69. The Bertz CT molecular complexity index is 344. The molecule has 1 saturated carbocycles. The largest absolute Gasteiger partial charge is 0.494 e.